The second kappa shape index (κ2) is 6.76. The number of nitrogens with one attached hydrogen (secondary N) is 1. The fourth-order valence-corrected chi connectivity index (χ4v) is 2.53. The third-order valence-electron chi connectivity index (χ3n) is 3.49. The van der Waals surface area contributed by atoms with E-state index in [-0.39, 0.29) is 10.8 Å². The summed E-state index contributed by atoms with van der Waals surface area (Å²) in [6.45, 7) is 4.80. The summed E-state index contributed by atoms with van der Waals surface area (Å²) in [5, 5.41) is 3.62. The van der Waals surface area contributed by atoms with Gasteiger partial charge in [-0.25, -0.2) is 4.39 Å². The normalized spacial score (nSPS) is 10.6. The van der Waals surface area contributed by atoms with E-state index in [2.05, 4.69) is 37.4 Å². The van der Waals surface area contributed by atoms with Gasteiger partial charge in [0.15, 0.2) is 0 Å². The van der Waals surface area contributed by atoms with E-state index in [1.165, 1.54) is 17.2 Å². The number of anilines is 1. The molecule has 3 heteroatoms. The molecule has 0 spiro atoms. The van der Waals surface area contributed by atoms with E-state index in [0.29, 0.717) is 6.54 Å². The highest BCUT2D eigenvalue weighted by Gasteiger charge is 2.08. The lowest BCUT2D eigenvalue weighted by Crippen LogP contribution is -2.06. The smallest absolute Gasteiger partial charge is 0.142 e. The first kappa shape index (κ1) is 14.9. The second-order valence-corrected chi connectivity index (χ2v) is 5.10. The summed E-state index contributed by atoms with van der Waals surface area (Å²) in [5.74, 6) is -0.370. The molecular formula is C17H19ClFN. The molecule has 2 aromatic rings. The van der Waals surface area contributed by atoms with Crippen molar-refractivity contribution in [2.24, 2.45) is 0 Å². The van der Waals surface area contributed by atoms with Crippen molar-refractivity contribution in [3.8, 4) is 0 Å². The molecule has 2 rings (SSSR count). The number of hydrogen-bond donors (Lipinski definition) is 1. The SMILES string of the molecule is CCc1cccc(CC)c1NCc1cccc(F)c1Cl. The van der Waals surface area contributed by atoms with E-state index < -0.39 is 0 Å². The lowest BCUT2D eigenvalue weighted by molar-refractivity contribution is 0.626. The van der Waals surface area contributed by atoms with Crippen LogP contribution in [0.3, 0.4) is 0 Å². The topological polar surface area (TPSA) is 12.0 Å². The summed E-state index contributed by atoms with van der Waals surface area (Å²) < 4.78 is 13.4. The Hall–Kier alpha value is -1.54. The van der Waals surface area contributed by atoms with Crippen molar-refractivity contribution in [1.29, 1.82) is 0 Å². The highest BCUT2D eigenvalue weighted by Crippen LogP contribution is 2.25. The fraction of sp³-hybridized carbons (Fsp3) is 0.294. The molecule has 0 unspecified atom stereocenters. The summed E-state index contributed by atoms with van der Waals surface area (Å²) >= 11 is 5.99. The van der Waals surface area contributed by atoms with Gasteiger partial charge in [0, 0.05) is 12.2 Å². The molecule has 0 aliphatic rings. The molecule has 1 N–H and O–H groups in total. The summed E-state index contributed by atoms with van der Waals surface area (Å²) in [7, 11) is 0. The van der Waals surface area contributed by atoms with Crippen LogP contribution in [0, 0.1) is 5.82 Å². The van der Waals surface area contributed by atoms with Gasteiger partial charge in [-0.05, 0) is 35.6 Å². The molecule has 0 aliphatic carbocycles. The molecule has 0 saturated heterocycles. The van der Waals surface area contributed by atoms with E-state index in [1.807, 2.05) is 6.07 Å². The van der Waals surface area contributed by atoms with Crippen molar-refractivity contribution in [3.63, 3.8) is 0 Å². The third kappa shape index (κ3) is 3.13. The van der Waals surface area contributed by atoms with Crippen LogP contribution in [0.1, 0.15) is 30.5 Å². The van der Waals surface area contributed by atoms with Crippen LogP contribution < -0.4 is 5.32 Å². The molecule has 2 aromatic carbocycles. The first-order valence-electron chi connectivity index (χ1n) is 6.94. The Morgan fingerprint density at radius 3 is 2.10 bits per heavy atom. The second-order valence-electron chi connectivity index (χ2n) is 4.72. The average Bonchev–Trinajstić information content (AvgIpc) is 2.48. The minimum Gasteiger partial charge on any atom is -0.380 e. The van der Waals surface area contributed by atoms with Crippen LogP contribution in [0.5, 0.6) is 0 Å². The molecule has 0 bridgehead atoms. The molecular weight excluding hydrogens is 273 g/mol. The van der Waals surface area contributed by atoms with Crippen molar-refractivity contribution in [1.82, 2.24) is 0 Å². The average molecular weight is 292 g/mol. The van der Waals surface area contributed by atoms with Crippen LogP contribution in [-0.4, -0.2) is 0 Å². The Bertz CT molecular complexity index is 573. The Labute approximate surface area is 124 Å². The van der Waals surface area contributed by atoms with Gasteiger partial charge in [-0.1, -0.05) is 55.8 Å². The van der Waals surface area contributed by atoms with Gasteiger partial charge in [0.05, 0.1) is 5.02 Å². The molecule has 1 nitrogen and oxygen atoms in total. The number of para-hydroxylation sites is 1. The summed E-state index contributed by atoms with van der Waals surface area (Å²) in [5.41, 5.74) is 4.48. The molecule has 0 fully saturated rings. The lowest BCUT2D eigenvalue weighted by atomic mass is 10.0. The molecule has 106 valence electrons. The van der Waals surface area contributed by atoms with Crippen molar-refractivity contribution in [3.05, 3.63) is 63.9 Å². The monoisotopic (exact) mass is 291 g/mol. The number of rotatable bonds is 5. The van der Waals surface area contributed by atoms with Gasteiger partial charge < -0.3 is 5.32 Å². The number of benzene rings is 2. The van der Waals surface area contributed by atoms with Gasteiger partial charge >= 0.3 is 0 Å². The fourth-order valence-electron chi connectivity index (χ4n) is 2.34. The Balaban J connectivity index is 2.24. The highest BCUT2D eigenvalue weighted by atomic mass is 35.5. The van der Waals surface area contributed by atoms with E-state index in [9.17, 15) is 4.39 Å². The van der Waals surface area contributed by atoms with Crippen molar-refractivity contribution >= 4 is 17.3 Å². The molecule has 20 heavy (non-hydrogen) atoms. The highest BCUT2D eigenvalue weighted by molar-refractivity contribution is 6.31. The third-order valence-corrected chi connectivity index (χ3v) is 3.91. The summed E-state index contributed by atoms with van der Waals surface area (Å²) in [6, 6.07) is 11.2. The number of halogens is 2. The Kier molecular flexibility index (Phi) is 5.02. The molecule has 0 amide bonds. The minimum atomic E-state index is -0.370. The van der Waals surface area contributed by atoms with Gasteiger partial charge in [0.2, 0.25) is 0 Å². The van der Waals surface area contributed by atoms with Gasteiger partial charge in [-0.2, -0.15) is 0 Å². The van der Waals surface area contributed by atoms with Crippen LogP contribution in [0.4, 0.5) is 10.1 Å². The van der Waals surface area contributed by atoms with Gasteiger partial charge in [0.1, 0.15) is 5.82 Å². The molecule has 0 saturated carbocycles. The Morgan fingerprint density at radius 2 is 1.50 bits per heavy atom. The van der Waals surface area contributed by atoms with Gasteiger partial charge in [-0.3, -0.25) is 0 Å². The predicted octanol–water partition coefficient (Wildman–Crippen LogP) is 5.22. The van der Waals surface area contributed by atoms with Crippen LogP contribution in [-0.2, 0) is 19.4 Å². The zero-order valence-electron chi connectivity index (χ0n) is 11.8. The van der Waals surface area contributed by atoms with E-state index in [4.69, 9.17) is 11.6 Å². The summed E-state index contributed by atoms with van der Waals surface area (Å²) in [6.07, 6.45) is 1.93. The van der Waals surface area contributed by atoms with E-state index in [1.54, 1.807) is 6.07 Å². The minimum absolute atomic E-state index is 0.201. The Morgan fingerprint density at radius 1 is 0.950 bits per heavy atom. The van der Waals surface area contributed by atoms with Crippen LogP contribution in [0.25, 0.3) is 0 Å². The van der Waals surface area contributed by atoms with E-state index in [0.717, 1.165) is 24.1 Å². The van der Waals surface area contributed by atoms with Crippen LogP contribution in [0.2, 0.25) is 5.02 Å². The first-order chi connectivity index (χ1) is 9.67. The molecule has 0 aliphatic heterocycles. The van der Waals surface area contributed by atoms with Crippen LogP contribution >= 0.6 is 11.6 Å². The maximum Gasteiger partial charge on any atom is 0.142 e. The lowest BCUT2D eigenvalue weighted by Gasteiger charge is -2.16. The number of hydrogen-bond acceptors (Lipinski definition) is 1. The maximum absolute atomic E-state index is 13.4. The van der Waals surface area contributed by atoms with Gasteiger partial charge in [-0.15, -0.1) is 0 Å². The maximum atomic E-state index is 13.4. The zero-order chi connectivity index (χ0) is 14.5. The predicted molar refractivity (Wildman–Crippen MR) is 83.9 cm³/mol. The molecule has 0 atom stereocenters. The molecule has 0 heterocycles. The van der Waals surface area contributed by atoms with Crippen molar-refractivity contribution < 1.29 is 4.39 Å². The molecule has 0 radical (unpaired) electrons. The summed E-state index contributed by atoms with van der Waals surface area (Å²) in [4.78, 5) is 0. The van der Waals surface area contributed by atoms with E-state index >= 15 is 0 Å². The van der Waals surface area contributed by atoms with Crippen molar-refractivity contribution in [2.75, 3.05) is 5.32 Å². The first-order valence-corrected chi connectivity index (χ1v) is 7.32. The van der Waals surface area contributed by atoms with Gasteiger partial charge in [0.25, 0.3) is 0 Å². The zero-order valence-corrected chi connectivity index (χ0v) is 12.6. The molecule has 0 aromatic heterocycles. The number of aryl methyl sites for hydroxylation is 2. The largest absolute Gasteiger partial charge is 0.380 e. The van der Waals surface area contributed by atoms with Crippen molar-refractivity contribution in [2.45, 2.75) is 33.2 Å². The van der Waals surface area contributed by atoms with Crippen LogP contribution in [0.15, 0.2) is 36.4 Å². The quantitative estimate of drug-likeness (QED) is 0.797. The standard InChI is InChI=1S/C17H19ClFN/c1-3-12-7-5-8-13(4-2)17(12)20-11-14-9-6-10-15(19)16(14)18/h5-10,20H,3-4,11H2,1-2H3.